The molecule has 1 aromatic carbocycles. The van der Waals surface area contributed by atoms with Crippen molar-refractivity contribution in [2.45, 2.75) is 39.2 Å². The van der Waals surface area contributed by atoms with Crippen LogP contribution in [0.1, 0.15) is 38.2 Å². The Morgan fingerprint density at radius 3 is 2.76 bits per heavy atom. The van der Waals surface area contributed by atoms with Crippen molar-refractivity contribution in [1.29, 1.82) is 0 Å². The summed E-state index contributed by atoms with van der Waals surface area (Å²) in [5.41, 5.74) is 1.03. The van der Waals surface area contributed by atoms with Gasteiger partial charge in [0.25, 0.3) is 0 Å². The summed E-state index contributed by atoms with van der Waals surface area (Å²) in [6, 6.07) is 7.52. The van der Waals surface area contributed by atoms with E-state index in [9.17, 15) is 9.59 Å². The number of esters is 1. The number of hydrogen-bond donors (Lipinski definition) is 0. The Hall–Kier alpha value is -1.39. The summed E-state index contributed by atoms with van der Waals surface area (Å²) >= 11 is 5.88. The van der Waals surface area contributed by atoms with Gasteiger partial charge < -0.3 is 9.47 Å². The van der Waals surface area contributed by atoms with Crippen molar-refractivity contribution in [3.8, 4) is 0 Å². The molecule has 0 unspecified atom stereocenters. The Kier molecular flexibility index (Phi) is 8.71. The van der Waals surface area contributed by atoms with E-state index in [1.165, 1.54) is 0 Å². The first kappa shape index (κ1) is 17.7. The summed E-state index contributed by atoms with van der Waals surface area (Å²) in [5, 5.41) is 0.695. The topological polar surface area (TPSA) is 52.6 Å². The van der Waals surface area contributed by atoms with Crippen molar-refractivity contribution in [2.24, 2.45) is 0 Å². The lowest BCUT2D eigenvalue weighted by Gasteiger charge is -2.05. The van der Waals surface area contributed by atoms with E-state index in [4.69, 9.17) is 21.1 Å². The molecule has 0 saturated heterocycles. The third-order valence-corrected chi connectivity index (χ3v) is 3.03. The summed E-state index contributed by atoms with van der Waals surface area (Å²) in [7, 11) is 0. The number of carbonyl (C=O) groups is 2. The minimum absolute atomic E-state index is 0.0803. The van der Waals surface area contributed by atoms with Crippen LogP contribution in [0.25, 0.3) is 0 Å². The number of benzene rings is 1. The van der Waals surface area contributed by atoms with Gasteiger partial charge in [-0.1, -0.05) is 23.7 Å². The van der Waals surface area contributed by atoms with Crippen LogP contribution < -0.4 is 0 Å². The highest BCUT2D eigenvalue weighted by Gasteiger charge is 2.09. The van der Waals surface area contributed by atoms with Crippen molar-refractivity contribution in [1.82, 2.24) is 0 Å². The zero-order chi connectivity index (χ0) is 15.5. The second-order valence-corrected chi connectivity index (χ2v) is 5.10. The van der Waals surface area contributed by atoms with Crippen LogP contribution in [0.4, 0.5) is 0 Å². The van der Waals surface area contributed by atoms with Gasteiger partial charge in [0.2, 0.25) is 0 Å². The molecule has 1 rings (SSSR count). The normalized spacial score (nSPS) is 10.4. The van der Waals surface area contributed by atoms with Gasteiger partial charge in [0.15, 0.2) is 0 Å². The molecule has 0 heterocycles. The van der Waals surface area contributed by atoms with Gasteiger partial charge >= 0.3 is 5.97 Å². The van der Waals surface area contributed by atoms with Crippen LogP contribution in [0.5, 0.6) is 0 Å². The molecule has 0 radical (unpaired) electrons. The Labute approximate surface area is 130 Å². The van der Waals surface area contributed by atoms with Crippen LogP contribution in [0.15, 0.2) is 24.3 Å². The molecule has 0 atom stereocenters. The van der Waals surface area contributed by atoms with Crippen LogP contribution in [-0.2, 0) is 25.7 Å². The SMILES string of the molecule is CCOC(=O)CC(=O)CCCCOCc1cccc(Cl)c1. The highest BCUT2D eigenvalue weighted by atomic mass is 35.5. The number of carbonyl (C=O) groups excluding carboxylic acids is 2. The van der Waals surface area contributed by atoms with Crippen molar-refractivity contribution >= 4 is 23.4 Å². The van der Waals surface area contributed by atoms with E-state index in [0.717, 1.165) is 12.0 Å². The maximum absolute atomic E-state index is 11.5. The molecule has 116 valence electrons. The lowest BCUT2D eigenvalue weighted by molar-refractivity contribution is -0.145. The first-order chi connectivity index (χ1) is 10.1. The van der Waals surface area contributed by atoms with E-state index >= 15 is 0 Å². The summed E-state index contributed by atoms with van der Waals surface area (Å²) in [5.74, 6) is -0.525. The second kappa shape index (κ2) is 10.4. The maximum atomic E-state index is 11.5. The summed E-state index contributed by atoms with van der Waals surface area (Å²) in [4.78, 5) is 22.6. The van der Waals surface area contributed by atoms with E-state index in [2.05, 4.69) is 0 Å². The molecule has 5 heteroatoms. The molecule has 0 fully saturated rings. The molecular weight excluding hydrogens is 292 g/mol. The lowest BCUT2D eigenvalue weighted by Crippen LogP contribution is -2.11. The summed E-state index contributed by atoms with van der Waals surface area (Å²) in [6.07, 6.45) is 1.76. The number of ketones is 1. The molecule has 0 amide bonds. The number of rotatable bonds is 10. The van der Waals surface area contributed by atoms with Crippen LogP contribution in [0.3, 0.4) is 0 Å². The molecular formula is C16H21ClO4. The van der Waals surface area contributed by atoms with Crippen molar-refractivity contribution in [3.63, 3.8) is 0 Å². The first-order valence-electron chi connectivity index (χ1n) is 7.11. The molecule has 1 aromatic rings. The third-order valence-electron chi connectivity index (χ3n) is 2.80. The number of ether oxygens (including phenoxy) is 2. The number of hydrogen-bond acceptors (Lipinski definition) is 4. The van der Waals surface area contributed by atoms with Crippen LogP contribution >= 0.6 is 11.6 Å². The Balaban J connectivity index is 2.04. The van der Waals surface area contributed by atoms with Gasteiger partial charge in [0, 0.05) is 18.1 Å². The number of Topliss-reactive ketones (excluding diaryl/α,β-unsaturated/α-hetero) is 1. The Morgan fingerprint density at radius 1 is 1.24 bits per heavy atom. The third kappa shape index (κ3) is 8.48. The molecule has 4 nitrogen and oxygen atoms in total. The quantitative estimate of drug-likeness (QED) is 0.376. The van der Waals surface area contributed by atoms with Gasteiger partial charge in [0.1, 0.15) is 12.2 Å². The minimum Gasteiger partial charge on any atom is -0.466 e. The first-order valence-corrected chi connectivity index (χ1v) is 7.49. The van der Waals surface area contributed by atoms with E-state index in [1.807, 2.05) is 24.3 Å². The fraction of sp³-hybridized carbons (Fsp3) is 0.500. The maximum Gasteiger partial charge on any atom is 0.313 e. The zero-order valence-electron chi connectivity index (χ0n) is 12.3. The van der Waals surface area contributed by atoms with Crippen molar-refractivity contribution in [2.75, 3.05) is 13.2 Å². The predicted octanol–water partition coefficient (Wildman–Crippen LogP) is 3.55. The summed E-state index contributed by atoms with van der Waals surface area (Å²) in [6.45, 7) is 3.12. The molecule has 0 saturated carbocycles. The van der Waals surface area contributed by atoms with E-state index in [1.54, 1.807) is 6.92 Å². The largest absolute Gasteiger partial charge is 0.466 e. The van der Waals surface area contributed by atoms with Crippen molar-refractivity contribution in [3.05, 3.63) is 34.9 Å². The average molecular weight is 313 g/mol. The van der Waals surface area contributed by atoms with Gasteiger partial charge in [-0.05, 0) is 37.5 Å². The molecule has 0 aliphatic heterocycles. The summed E-state index contributed by atoms with van der Waals surface area (Å²) < 4.78 is 10.2. The Morgan fingerprint density at radius 2 is 2.05 bits per heavy atom. The van der Waals surface area contributed by atoms with Gasteiger partial charge in [0.05, 0.1) is 13.2 Å². The van der Waals surface area contributed by atoms with Crippen molar-refractivity contribution < 1.29 is 19.1 Å². The fourth-order valence-corrected chi connectivity index (χ4v) is 2.02. The van der Waals surface area contributed by atoms with E-state index in [-0.39, 0.29) is 12.2 Å². The zero-order valence-corrected chi connectivity index (χ0v) is 13.0. The second-order valence-electron chi connectivity index (χ2n) is 4.66. The van der Waals surface area contributed by atoms with E-state index in [0.29, 0.717) is 37.7 Å². The fourth-order valence-electron chi connectivity index (χ4n) is 1.80. The van der Waals surface area contributed by atoms with Crippen LogP contribution in [0.2, 0.25) is 5.02 Å². The van der Waals surface area contributed by atoms with Crippen LogP contribution in [0, 0.1) is 0 Å². The van der Waals surface area contributed by atoms with Gasteiger partial charge in [-0.25, -0.2) is 0 Å². The molecule has 0 aromatic heterocycles. The molecule has 0 N–H and O–H groups in total. The predicted molar refractivity (Wildman–Crippen MR) is 81.2 cm³/mol. The highest BCUT2D eigenvalue weighted by Crippen LogP contribution is 2.11. The molecule has 0 aliphatic rings. The molecule has 0 aliphatic carbocycles. The van der Waals surface area contributed by atoms with Crippen LogP contribution in [-0.4, -0.2) is 25.0 Å². The number of unbranched alkanes of at least 4 members (excludes halogenated alkanes) is 1. The Bertz CT molecular complexity index is 459. The average Bonchev–Trinajstić information content (AvgIpc) is 2.43. The van der Waals surface area contributed by atoms with Gasteiger partial charge in [-0.3, -0.25) is 9.59 Å². The van der Waals surface area contributed by atoms with Gasteiger partial charge in [-0.2, -0.15) is 0 Å². The monoisotopic (exact) mass is 312 g/mol. The molecule has 0 bridgehead atoms. The highest BCUT2D eigenvalue weighted by molar-refractivity contribution is 6.30. The molecule has 0 spiro atoms. The van der Waals surface area contributed by atoms with Gasteiger partial charge in [-0.15, -0.1) is 0 Å². The minimum atomic E-state index is -0.445. The molecule has 21 heavy (non-hydrogen) atoms. The lowest BCUT2D eigenvalue weighted by atomic mass is 10.1. The standard InChI is InChI=1S/C16H21ClO4/c1-2-21-16(19)11-15(18)8-3-4-9-20-12-13-6-5-7-14(17)10-13/h5-7,10H,2-4,8-9,11-12H2,1H3. The smallest absolute Gasteiger partial charge is 0.313 e. The number of halogens is 1. The van der Waals surface area contributed by atoms with E-state index < -0.39 is 5.97 Å².